The van der Waals surface area contributed by atoms with Gasteiger partial charge in [-0.1, -0.05) is 30.3 Å². The van der Waals surface area contributed by atoms with Crippen LogP contribution >= 0.6 is 15.9 Å². The van der Waals surface area contributed by atoms with Crippen molar-refractivity contribution in [3.05, 3.63) is 58.5 Å². The molecule has 1 N–H and O–H groups in total. The van der Waals surface area contributed by atoms with Crippen molar-refractivity contribution in [1.82, 2.24) is 0 Å². The van der Waals surface area contributed by atoms with Gasteiger partial charge >= 0.3 is 0 Å². The number of rotatable bonds is 3. The third kappa shape index (κ3) is 2.32. The second-order valence-electron chi connectivity index (χ2n) is 5.17. The summed E-state index contributed by atoms with van der Waals surface area (Å²) in [5.41, 5.74) is 0.791. The van der Waals surface area contributed by atoms with Gasteiger partial charge in [-0.25, -0.2) is 0 Å². The van der Waals surface area contributed by atoms with E-state index in [1.54, 1.807) is 6.26 Å². The number of furan rings is 1. The summed E-state index contributed by atoms with van der Waals surface area (Å²) < 4.78 is 11.8. The Bertz CT molecular complexity index is 558. The van der Waals surface area contributed by atoms with Gasteiger partial charge in [0.2, 0.25) is 0 Å². The van der Waals surface area contributed by atoms with Crippen molar-refractivity contribution in [3.8, 4) is 0 Å². The van der Waals surface area contributed by atoms with E-state index < -0.39 is 6.10 Å². The van der Waals surface area contributed by atoms with Gasteiger partial charge in [0.15, 0.2) is 0 Å². The zero-order valence-electron chi connectivity index (χ0n) is 11.1. The van der Waals surface area contributed by atoms with Crippen LogP contribution in [0.2, 0.25) is 0 Å². The Hall–Kier alpha value is -1.10. The first-order valence-electron chi connectivity index (χ1n) is 6.78. The Balaban J connectivity index is 2.04. The van der Waals surface area contributed by atoms with Crippen molar-refractivity contribution < 1.29 is 14.3 Å². The molecule has 0 spiro atoms. The quantitative estimate of drug-likeness (QED) is 0.926. The molecule has 1 unspecified atom stereocenters. The Labute approximate surface area is 126 Å². The van der Waals surface area contributed by atoms with Crippen LogP contribution in [0.25, 0.3) is 0 Å². The van der Waals surface area contributed by atoms with E-state index in [2.05, 4.69) is 28.1 Å². The number of halogens is 1. The van der Waals surface area contributed by atoms with E-state index in [0.29, 0.717) is 19.0 Å². The number of aliphatic hydroxyl groups is 1. The minimum atomic E-state index is -0.682. The fraction of sp³-hybridized carbons (Fsp3) is 0.375. The predicted molar refractivity (Wildman–Crippen MR) is 79.5 cm³/mol. The van der Waals surface area contributed by atoms with Crippen LogP contribution in [-0.2, 0) is 10.2 Å². The predicted octanol–water partition coefficient (Wildman–Crippen LogP) is 3.82. The highest BCUT2D eigenvalue weighted by molar-refractivity contribution is 9.10. The fourth-order valence-electron chi connectivity index (χ4n) is 2.98. The first-order valence-corrected chi connectivity index (χ1v) is 7.57. The Morgan fingerprint density at radius 1 is 1.10 bits per heavy atom. The minimum Gasteiger partial charge on any atom is -0.465 e. The van der Waals surface area contributed by atoms with Crippen molar-refractivity contribution in [2.45, 2.75) is 24.4 Å². The van der Waals surface area contributed by atoms with E-state index >= 15 is 0 Å². The van der Waals surface area contributed by atoms with Crippen molar-refractivity contribution in [3.63, 3.8) is 0 Å². The molecule has 1 saturated heterocycles. The highest BCUT2D eigenvalue weighted by Crippen LogP contribution is 2.46. The number of hydrogen-bond acceptors (Lipinski definition) is 3. The molecule has 2 aromatic rings. The molecule has 2 heterocycles. The van der Waals surface area contributed by atoms with Crippen LogP contribution in [0.4, 0.5) is 0 Å². The summed E-state index contributed by atoms with van der Waals surface area (Å²) in [7, 11) is 0. The molecule has 1 aliphatic rings. The SMILES string of the molecule is OC(c1occc1Br)C1(c2ccccc2)CCOCC1. The molecule has 3 nitrogen and oxygen atoms in total. The molecule has 0 bridgehead atoms. The number of hydrogen-bond donors (Lipinski definition) is 1. The van der Waals surface area contributed by atoms with Crippen LogP contribution in [0.15, 0.2) is 51.6 Å². The Morgan fingerprint density at radius 2 is 1.80 bits per heavy atom. The molecule has 1 fully saturated rings. The van der Waals surface area contributed by atoms with Gasteiger partial charge in [0, 0.05) is 18.6 Å². The molecule has 106 valence electrons. The average Bonchev–Trinajstić information content (AvgIpc) is 2.94. The molecule has 1 atom stereocenters. The topological polar surface area (TPSA) is 42.6 Å². The standard InChI is InChI=1S/C16H17BrO3/c17-13-6-9-20-14(13)15(18)16(7-10-19-11-8-16)12-4-2-1-3-5-12/h1-6,9,15,18H,7-8,10-11H2. The van der Waals surface area contributed by atoms with E-state index in [1.165, 1.54) is 0 Å². The van der Waals surface area contributed by atoms with Gasteiger partial charge in [-0.3, -0.25) is 0 Å². The van der Waals surface area contributed by atoms with Gasteiger partial charge < -0.3 is 14.3 Å². The highest BCUT2D eigenvalue weighted by Gasteiger charge is 2.43. The van der Waals surface area contributed by atoms with Crippen molar-refractivity contribution >= 4 is 15.9 Å². The molecular weight excluding hydrogens is 320 g/mol. The number of ether oxygens (including phenoxy) is 1. The summed E-state index contributed by atoms with van der Waals surface area (Å²) in [6.07, 6.45) is 2.48. The van der Waals surface area contributed by atoms with Crippen molar-refractivity contribution in [2.24, 2.45) is 0 Å². The van der Waals surface area contributed by atoms with Gasteiger partial charge in [0.25, 0.3) is 0 Å². The van der Waals surface area contributed by atoms with Gasteiger partial charge in [0.1, 0.15) is 11.9 Å². The molecule has 0 radical (unpaired) electrons. The maximum absolute atomic E-state index is 10.9. The van der Waals surface area contributed by atoms with Crippen LogP contribution in [0.5, 0.6) is 0 Å². The zero-order valence-corrected chi connectivity index (χ0v) is 12.7. The van der Waals surface area contributed by atoms with Crippen LogP contribution in [-0.4, -0.2) is 18.3 Å². The molecule has 1 aliphatic heterocycles. The molecule has 20 heavy (non-hydrogen) atoms. The third-order valence-corrected chi connectivity index (χ3v) is 4.81. The van der Waals surface area contributed by atoms with E-state index in [9.17, 15) is 5.11 Å². The first kappa shape index (κ1) is 13.9. The fourth-order valence-corrected chi connectivity index (χ4v) is 3.40. The van der Waals surface area contributed by atoms with E-state index in [4.69, 9.17) is 9.15 Å². The number of aliphatic hydroxyl groups excluding tert-OH is 1. The van der Waals surface area contributed by atoms with Gasteiger partial charge in [-0.2, -0.15) is 0 Å². The van der Waals surface area contributed by atoms with Gasteiger partial charge in [0.05, 0.1) is 10.7 Å². The lowest BCUT2D eigenvalue weighted by Crippen LogP contribution is -2.39. The summed E-state index contributed by atoms with van der Waals surface area (Å²) >= 11 is 3.45. The smallest absolute Gasteiger partial charge is 0.147 e. The Kier molecular flexibility index (Phi) is 3.96. The average molecular weight is 337 g/mol. The molecule has 1 aromatic carbocycles. The first-order chi connectivity index (χ1) is 9.74. The van der Waals surface area contributed by atoms with Gasteiger partial charge in [-0.05, 0) is 40.4 Å². The normalized spacial score (nSPS) is 19.7. The number of benzene rings is 1. The van der Waals surface area contributed by atoms with Crippen molar-refractivity contribution in [1.29, 1.82) is 0 Å². The van der Waals surface area contributed by atoms with E-state index in [0.717, 1.165) is 22.9 Å². The van der Waals surface area contributed by atoms with Crippen LogP contribution in [0.3, 0.4) is 0 Å². The lowest BCUT2D eigenvalue weighted by atomic mass is 9.69. The monoisotopic (exact) mass is 336 g/mol. The molecule has 0 aliphatic carbocycles. The van der Waals surface area contributed by atoms with Crippen molar-refractivity contribution in [2.75, 3.05) is 13.2 Å². The summed E-state index contributed by atoms with van der Waals surface area (Å²) in [5.74, 6) is 0.593. The molecule has 0 saturated carbocycles. The second kappa shape index (κ2) is 5.72. The lowest BCUT2D eigenvalue weighted by molar-refractivity contribution is -0.0255. The maximum Gasteiger partial charge on any atom is 0.147 e. The van der Waals surface area contributed by atoms with Gasteiger partial charge in [-0.15, -0.1) is 0 Å². The second-order valence-corrected chi connectivity index (χ2v) is 6.02. The van der Waals surface area contributed by atoms with Crippen LogP contribution in [0, 0.1) is 0 Å². The third-order valence-electron chi connectivity index (χ3n) is 4.15. The van der Waals surface area contributed by atoms with E-state index in [-0.39, 0.29) is 5.41 Å². The Morgan fingerprint density at radius 3 is 2.40 bits per heavy atom. The summed E-state index contributed by atoms with van der Waals surface area (Å²) in [4.78, 5) is 0. The lowest BCUT2D eigenvalue weighted by Gasteiger charge is -2.40. The molecule has 3 rings (SSSR count). The highest BCUT2D eigenvalue weighted by atomic mass is 79.9. The largest absolute Gasteiger partial charge is 0.465 e. The maximum atomic E-state index is 10.9. The summed E-state index contributed by atoms with van der Waals surface area (Å²) in [6.45, 7) is 1.31. The molecule has 1 aromatic heterocycles. The van der Waals surface area contributed by atoms with Crippen LogP contribution in [0.1, 0.15) is 30.3 Å². The summed E-state index contributed by atoms with van der Waals surface area (Å²) in [6, 6.07) is 12.0. The molecule has 0 amide bonds. The minimum absolute atomic E-state index is 0.347. The zero-order chi connectivity index (χ0) is 14.0. The van der Waals surface area contributed by atoms with E-state index in [1.807, 2.05) is 24.3 Å². The molecule has 4 heteroatoms. The molecular formula is C16H17BrO3. The summed E-state index contributed by atoms with van der Waals surface area (Å²) in [5, 5.41) is 10.9. The van der Waals surface area contributed by atoms with Crippen LogP contribution < -0.4 is 0 Å².